The first kappa shape index (κ1) is 9.47. The second-order valence-corrected chi connectivity index (χ2v) is 4.75. The largest absolute Gasteiger partial charge is 0.392 e. The van der Waals surface area contributed by atoms with E-state index in [1.165, 1.54) is 25.7 Å². The fourth-order valence-corrected chi connectivity index (χ4v) is 2.38. The minimum Gasteiger partial charge on any atom is -0.392 e. The van der Waals surface area contributed by atoms with Gasteiger partial charge >= 0.3 is 0 Å². The summed E-state index contributed by atoms with van der Waals surface area (Å²) in [5.74, 6) is 0.897. The first-order valence-electron chi connectivity index (χ1n) is 5.71. The highest BCUT2D eigenvalue weighted by Gasteiger charge is 2.31. The summed E-state index contributed by atoms with van der Waals surface area (Å²) < 4.78 is 0. The fourth-order valence-electron chi connectivity index (χ4n) is 2.38. The Morgan fingerprint density at radius 3 is 2.46 bits per heavy atom. The van der Waals surface area contributed by atoms with Crippen LogP contribution in [0.5, 0.6) is 0 Å². The Balaban J connectivity index is 1.77. The molecule has 0 bridgehead atoms. The number of hydrogen-bond acceptors (Lipinski definition) is 2. The standard InChI is InChI=1S/C11H21NO/c1-8(9-6-7-9)12-10-4-2-3-5-11(10)13/h8-13H,2-7H2,1H3/t8-,10-,11+/m0/s1. The van der Waals surface area contributed by atoms with E-state index in [1.807, 2.05) is 0 Å². The molecule has 0 radical (unpaired) electrons. The summed E-state index contributed by atoms with van der Waals surface area (Å²) in [6.45, 7) is 2.26. The van der Waals surface area contributed by atoms with Gasteiger partial charge in [-0.3, -0.25) is 0 Å². The Kier molecular flexibility index (Phi) is 2.89. The van der Waals surface area contributed by atoms with E-state index in [0.29, 0.717) is 12.1 Å². The third kappa shape index (κ3) is 2.44. The Labute approximate surface area is 80.7 Å². The summed E-state index contributed by atoms with van der Waals surface area (Å²) in [5.41, 5.74) is 0. The van der Waals surface area contributed by atoms with Gasteiger partial charge in [0.05, 0.1) is 6.10 Å². The summed E-state index contributed by atoms with van der Waals surface area (Å²) in [7, 11) is 0. The van der Waals surface area contributed by atoms with Crippen molar-refractivity contribution in [2.45, 2.75) is 63.6 Å². The van der Waals surface area contributed by atoms with Gasteiger partial charge in [-0.25, -0.2) is 0 Å². The zero-order valence-corrected chi connectivity index (χ0v) is 8.50. The van der Waals surface area contributed by atoms with Crippen LogP contribution in [0.15, 0.2) is 0 Å². The maximum atomic E-state index is 9.76. The van der Waals surface area contributed by atoms with Crippen LogP contribution in [0.3, 0.4) is 0 Å². The third-order valence-electron chi connectivity index (χ3n) is 3.54. The van der Waals surface area contributed by atoms with Gasteiger partial charge in [0.1, 0.15) is 0 Å². The molecule has 2 saturated carbocycles. The van der Waals surface area contributed by atoms with Crippen LogP contribution in [-0.2, 0) is 0 Å². The van der Waals surface area contributed by atoms with Crippen LogP contribution in [0, 0.1) is 5.92 Å². The highest BCUT2D eigenvalue weighted by molar-refractivity contribution is 4.89. The van der Waals surface area contributed by atoms with Gasteiger partial charge in [-0.05, 0) is 38.5 Å². The number of nitrogens with one attached hydrogen (secondary N) is 1. The zero-order chi connectivity index (χ0) is 9.26. The van der Waals surface area contributed by atoms with E-state index in [9.17, 15) is 5.11 Å². The molecule has 2 N–H and O–H groups in total. The Hall–Kier alpha value is -0.0800. The van der Waals surface area contributed by atoms with E-state index in [0.717, 1.165) is 18.8 Å². The molecular formula is C11H21NO. The smallest absolute Gasteiger partial charge is 0.0693 e. The fraction of sp³-hybridized carbons (Fsp3) is 1.00. The van der Waals surface area contributed by atoms with Gasteiger partial charge in [-0.15, -0.1) is 0 Å². The highest BCUT2D eigenvalue weighted by atomic mass is 16.3. The molecule has 0 aromatic rings. The van der Waals surface area contributed by atoms with E-state index < -0.39 is 0 Å². The molecule has 2 nitrogen and oxygen atoms in total. The molecule has 13 heavy (non-hydrogen) atoms. The normalized spacial score (nSPS) is 37.4. The molecule has 76 valence electrons. The first-order chi connectivity index (χ1) is 6.27. The van der Waals surface area contributed by atoms with E-state index in [-0.39, 0.29) is 6.10 Å². The summed E-state index contributed by atoms with van der Waals surface area (Å²) in [4.78, 5) is 0. The van der Waals surface area contributed by atoms with Crippen molar-refractivity contribution in [1.82, 2.24) is 5.32 Å². The number of hydrogen-bond donors (Lipinski definition) is 2. The van der Waals surface area contributed by atoms with Crippen molar-refractivity contribution in [3.05, 3.63) is 0 Å². The zero-order valence-electron chi connectivity index (χ0n) is 8.50. The first-order valence-corrected chi connectivity index (χ1v) is 5.71. The van der Waals surface area contributed by atoms with Crippen LogP contribution in [0.2, 0.25) is 0 Å². The maximum absolute atomic E-state index is 9.76. The second-order valence-electron chi connectivity index (χ2n) is 4.75. The average Bonchev–Trinajstić information content (AvgIpc) is 2.91. The molecule has 0 unspecified atom stereocenters. The predicted molar refractivity (Wildman–Crippen MR) is 53.6 cm³/mol. The summed E-state index contributed by atoms with van der Waals surface area (Å²) in [5, 5.41) is 13.3. The van der Waals surface area contributed by atoms with Gasteiger partial charge < -0.3 is 10.4 Å². The van der Waals surface area contributed by atoms with Crippen molar-refractivity contribution in [3.63, 3.8) is 0 Å². The van der Waals surface area contributed by atoms with Crippen LogP contribution >= 0.6 is 0 Å². The number of aliphatic hydroxyl groups excluding tert-OH is 1. The van der Waals surface area contributed by atoms with E-state index in [1.54, 1.807) is 0 Å². The molecule has 2 heteroatoms. The minimum atomic E-state index is -0.0880. The van der Waals surface area contributed by atoms with E-state index in [2.05, 4.69) is 12.2 Å². The van der Waals surface area contributed by atoms with Crippen molar-refractivity contribution in [2.75, 3.05) is 0 Å². The average molecular weight is 183 g/mol. The van der Waals surface area contributed by atoms with Crippen molar-refractivity contribution < 1.29 is 5.11 Å². The molecule has 2 aliphatic rings. The van der Waals surface area contributed by atoms with E-state index >= 15 is 0 Å². The van der Waals surface area contributed by atoms with Crippen molar-refractivity contribution in [2.24, 2.45) is 5.92 Å². The number of aliphatic hydroxyl groups is 1. The second kappa shape index (κ2) is 3.97. The predicted octanol–water partition coefficient (Wildman–Crippen LogP) is 1.68. The maximum Gasteiger partial charge on any atom is 0.0693 e. The third-order valence-corrected chi connectivity index (χ3v) is 3.54. The Morgan fingerprint density at radius 2 is 1.85 bits per heavy atom. The van der Waals surface area contributed by atoms with Gasteiger partial charge in [-0.2, -0.15) is 0 Å². The topological polar surface area (TPSA) is 32.3 Å². The quantitative estimate of drug-likeness (QED) is 0.697. The molecule has 0 aromatic carbocycles. The molecule has 2 aliphatic carbocycles. The van der Waals surface area contributed by atoms with Crippen LogP contribution in [-0.4, -0.2) is 23.3 Å². The number of rotatable bonds is 3. The molecule has 2 fully saturated rings. The van der Waals surface area contributed by atoms with Crippen LogP contribution in [0.1, 0.15) is 45.4 Å². The molecule has 0 heterocycles. The highest BCUT2D eigenvalue weighted by Crippen LogP contribution is 2.33. The lowest BCUT2D eigenvalue weighted by atomic mass is 9.92. The molecule has 0 spiro atoms. The monoisotopic (exact) mass is 183 g/mol. The molecule has 3 atom stereocenters. The van der Waals surface area contributed by atoms with Crippen LogP contribution in [0.4, 0.5) is 0 Å². The van der Waals surface area contributed by atoms with Crippen molar-refractivity contribution >= 4 is 0 Å². The Bertz CT molecular complexity index is 167. The summed E-state index contributed by atoms with van der Waals surface area (Å²) in [6.07, 6.45) is 7.33. The molecular weight excluding hydrogens is 162 g/mol. The van der Waals surface area contributed by atoms with Crippen molar-refractivity contribution in [1.29, 1.82) is 0 Å². The summed E-state index contributed by atoms with van der Waals surface area (Å²) >= 11 is 0. The lowest BCUT2D eigenvalue weighted by Crippen LogP contribution is -2.46. The van der Waals surface area contributed by atoms with Crippen molar-refractivity contribution in [3.8, 4) is 0 Å². The van der Waals surface area contributed by atoms with Gasteiger partial charge in [0.25, 0.3) is 0 Å². The van der Waals surface area contributed by atoms with Gasteiger partial charge in [0.15, 0.2) is 0 Å². The SMILES string of the molecule is C[C@H](N[C@H]1CCCC[C@H]1O)C1CC1. The van der Waals surface area contributed by atoms with Gasteiger partial charge in [0.2, 0.25) is 0 Å². The lowest BCUT2D eigenvalue weighted by Gasteiger charge is -2.31. The summed E-state index contributed by atoms with van der Waals surface area (Å²) in [6, 6.07) is 1.00. The molecule has 2 rings (SSSR count). The van der Waals surface area contributed by atoms with Gasteiger partial charge in [-0.1, -0.05) is 12.8 Å². The molecule has 0 amide bonds. The van der Waals surface area contributed by atoms with Crippen LogP contribution < -0.4 is 5.32 Å². The molecule has 0 saturated heterocycles. The Morgan fingerprint density at radius 1 is 1.15 bits per heavy atom. The minimum absolute atomic E-state index is 0.0880. The lowest BCUT2D eigenvalue weighted by molar-refractivity contribution is 0.0845. The van der Waals surface area contributed by atoms with Crippen LogP contribution in [0.25, 0.3) is 0 Å². The molecule has 0 aromatic heterocycles. The molecule has 0 aliphatic heterocycles. The van der Waals surface area contributed by atoms with E-state index in [4.69, 9.17) is 0 Å². The van der Waals surface area contributed by atoms with Gasteiger partial charge in [0, 0.05) is 12.1 Å².